The first-order valence-electron chi connectivity index (χ1n) is 9.13. The number of rotatable bonds is 3. The van der Waals surface area contributed by atoms with Crippen LogP contribution in [0.4, 0.5) is 10.1 Å². The standard InChI is InChI=1S/C21H19ClFN3O2/c22-17-11-16(4-5-18(17)23)25-20(27)15-2-1-9-26(12-15)21(28)14-3-6-19-13(10-14)7-8-24-19/h3-8,10-11,15,24H,1-2,9,12H2,(H,25,27)/t15-/m0/s1. The molecule has 3 aromatic rings. The number of piperidine rings is 1. The topological polar surface area (TPSA) is 65.2 Å². The zero-order valence-electron chi connectivity index (χ0n) is 15.0. The fourth-order valence-electron chi connectivity index (χ4n) is 3.56. The number of anilines is 1. The van der Waals surface area contributed by atoms with Gasteiger partial charge in [-0.15, -0.1) is 0 Å². The van der Waals surface area contributed by atoms with Crippen LogP contribution in [-0.4, -0.2) is 34.8 Å². The molecule has 2 amide bonds. The Balaban J connectivity index is 1.44. The van der Waals surface area contributed by atoms with E-state index < -0.39 is 5.82 Å². The number of carbonyl (C=O) groups is 2. The molecule has 1 fully saturated rings. The molecular weight excluding hydrogens is 381 g/mol. The van der Waals surface area contributed by atoms with E-state index in [9.17, 15) is 14.0 Å². The molecule has 144 valence electrons. The highest BCUT2D eigenvalue weighted by atomic mass is 35.5. The Hall–Kier alpha value is -2.86. The summed E-state index contributed by atoms with van der Waals surface area (Å²) in [5.74, 6) is -1.13. The van der Waals surface area contributed by atoms with Crippen molar-refractivity contribution in [2.24, 2.45) is 5.92 Å². The number of fused-ring (bicyclic) bond motifs is 1. The van der Waals surface area contributed by atoms with E-state index in [2.05, 4.69) is 10.3 Å². The van der Waals surface area contributed by atoms with Crippen molar-refractivity contribution in [1.29, 1.82) is 0 Å². The average Bonchev–Trinajstić information content (AvgIpc) is 3.18. The van der Waals surface area contributed by atoms with Gasteiger partial charge in [0.1, 0.15) is 5.82 Å². The van der Waals surface area contributed by atoms with E-state index in [1.807, 2.05) is 24.4 Å². The largest absolute Gasteiger partial charge is 0.361 e. The van der Waals surface area contributed by atoms with Crippen LogP contribution in [0.5, 0.6) is 0 Å². The number of aromatic nitrogens is 1. The lowest BCUT2D eigenvalue weighted by atomic mass is 9.96. The summed E-state index contributed by atoms with van der Waals surface area (Å²) in [6, 6.07) is 11.5. The molecule has 0 spiro atoms. The van der Waals surface area contributed by atoms with Gasteiger partial charge in [0, 0.05) is 41.4 Å². The summed E-state index contributed by atoms with van der Waals surface area (Å²) in [7, 11) is 0. The number of hydrogen-bond acceptors (Lipinski definition) is 2. The quantitative estimate of drug-likeness (QED) is 0.683. The normalized spacial score (nSPS) is 16.9. The summed E-state index contributed by atoms with van der Waals surface area (Å²) in [4.78, 5) is 30.3. The number of nitrogens with zero attached hydrogens (tertiary/aromatic N) is 1. The first kappa shape index (κ1) is 18.5. The van der Waals surface area contributed by atoms with Crippen molar-refractivity contribution in [3.8, 4) is 0 Å². The van der Waals surface area contributed by atoms with E-state index >= 15 is 0 Å². The number of hydrogen-bond donors (Lipinski definition) is 2. The number of H-pyrrole nitrogens is 1. The van der Waals surface area contributed by atoms with Crippen LogP contribution in [0.3, 0.4) is 0 Å². The van der Waals surface area contributed by atoms with Crippen molar-refractivity contribution in [2.45, 2.75) is 12.8 Å². The molecule has 0 unspecified atom stereocenters. The van der Waals surface area contributed by atoms with Crippen LogP contribution in [-0.2, 0) is 4.79 Å². The van der Waals surface area contributed by atoms with Crippen molar-refractivity contribution in [2.75, 3.05) is 18.4 Å². The maximum atomic E-state index is 13.3. The smallest absolute Gasteiger partial charge is 0.253 e. The van der Waals surface area contributed by atoms with Crippen molar-refractivity contribution in [3.05, 3.63) is 65.1 Å². The average molecular weight is 400 g/mol. The Morgan fingerprint density at radius 2 is 2.04 bits per heavy atom. The minimum atomic E-state index is -0.534. The Morgan fingerprint density at radius 1 is 1.18 bits per heavy atom. The molecule has 5 nitrogen and oxygen atoms in total. The summed E-state index contributed by atoms with van der Waals surface area (Å²) >= 11 is 5.77. The monoisotopic (exact) mass is 399 g/mol. The Kier molecular flexibility index (Phi) is 5.05. The van der Waals surface area contributed by atoms with Crippen molar-refractivity contribution >= 4 is 40.0 Å². The van der Waals surface area contributed by atoms with Crippen LogP contribution >= 0.6 is 11.6 Å². The second kappa shape index (κ2) is 7.64. The first-order valence-corrected chi connectivity index (χ1v) is 9.51. The highest BCUT2D eigenvalue weighted by molar-refractivity contribution is 6.31. The second-order valence-corrected chi connectivity index (χ2v) is 7.40. The Labute approximate surface area is 166 Å². The molecule has 28 heavy (non-hydrogen) atoms. The summed E-state index contributed by atoms with van der Waals surface area (Å²) in [6.07, 6.45) is 3.28. The maximum Gasteiger partial charge on any atom is 0.253 e. The van der Waals surface area contributed by atoms with E-state index in [1.54, 1.807) is 11.0 Å². The molecule has 4 rings (SSSR count). The van der Waals surface area contributed by atoms with Gasteiger partial charge in [-0.25, -0.2) is 4.39 Å². The molecule has 0 aliphatic carbocycles. The van der Waals surface area contributed by atoms with Crippen molar-refractivity contribution in [1.82, 2.24) is 9.88 Å². The van der Waals surface area contributed by atoms with E-state index in [0.717, 1.165) is 17.3 Å². The summed E-state index contributed by atoms with van der Waals surface area (Å²) < 4.78 is 13.3. The van der Waals surface area contributed by atoms with Gasteiger partial charge in [-0.1, -0.05) is 11.6 Å². The van der Waals surface area contributed by atoms with Crippen LogP contribution in [0.25, 0.3) is 10.9 Å². The van der Waals surface area contributed by atoms with Crippen LogP contribution in [0.2, 0.25) is 5.02 Å². The SMILES string of the molecule is O=C(Nc1ccc(F)c(Cl)c1)[C@H]1CCCN(C(=O)c2ccc3[nH]ccc3c2)C1. The first-order chi connectivity index (χ1) is 13.5. The minimum absolute atomic E-state index is 0.0432. The molecule has 2 heterocycles. The molecule has 0 radical (unpaired) electrons. The molecule has 1 saturated heterocycles. The van der Waals surface area contributed by atoms with Gasteiger partial charge >= 0.3 is 0 Å². The maximum absolute atomic E-state index is 13.3. The molecule has 2 aromatic carbocycles. The van der Waals surface area contributed by atoms with Gasteiger partial charge in [-0.2, -0.15) is 0 Å². The number of likely N-dealkylation sites (tertiary alicyclic amines) is 1. The van der Waals surface area contributed by atoms with Gasteiger partial charge in [-0.05, 0) is 55.3 Å². The van der Waals surface area contributed by atoms with E-state index in [0.29, 0.717) is 30.8 Å². The van der Waals surface area contributed by atoms with Crippen LogP contribution in [0.15, 0.2) is 48.7 Å². The number of carbonyl (C=O) groups excluding carboxylic acids is 2. The Morgan fingerprint density at radius 3 is 2.86 bits per heavy atom. The summed E-state index contributed by atoms with van der Waals surface area (Å²) in [5, 5.41) is 3.70. The lowest BCUT2D eigenvalue weighted by molar-refractivity contribution is -0.121. The van der Waals surface area contributed by atoms with Gasteiger partial charge in [0.05, 0.1) is 10.9 Å². The number of amides is 2. The lowest BCUT2D eigenvalue weighted by Crippen LogP contribution is -2.43. The third-order valence-corrected chi connectivity index (χ3v) is 5.36. The predicted molar refractivity (Wildman–Crippen MR) is 107 cm³/mol. The van der Waals surface area contributed by atoms with Crippen molar-refractivity contribution in [3.63, 3.8) is 0 Å². The number of halogens is 2. The molecular formula is C21H19ClFN3O2. The third-order valence-electron chi connectivity index (χ3n) is 5.07. The summed E-state index contributed by atoms with van der Waals surface area (Å²) in [6.45, 7) is 0.973. The highest BCUT2D eigenvalue weighted by Gasteiger charge is 2.29. The second-order valence-electron chi connectivity index (χ2n) is 6.99. The highest BCUT2D eigenvalue weighted by Crippen LogP contribution is 2.24. The molecule has 7 heteroatoms. The summed E-state index contributed by atoms with van der Waals surface area (Å²) in [5.41, 5.74) is 2.03. The van der Waals surface area contributed by atoms with Crippen LogP contribution in [0, 0.1) is 11.7 Å². The van der Waals surface area contributed by atoms with Gasteiger partial charge in [0.15, 0.2) is 0 Å². The van der Waals surface area contributed by atoms with Gasteiger partial charge < -0.3 is 15.2 Å². The molecule has 1 aliphatic rings. The molecule has 2 N–H and O–H groups in total. The van der Waals surface area contributed by atoms with Crippen LogP contribution < -0.4 is 5.32 Å². The zero-order chi connectivity index (χ0) is 19.7. The molecule has 1 aromatic heterocycles. The molecule has 1 atom stereocenters. The van der Waals surface area contributed by atoms with Crippen molar-refractivity contribution < 1.29 is 14.0 Å². The number of benzene rings is 2. The van der Waals surface area contributed by atoms with Gasteiger partial charge in [0.25, 0.3) is 5.91 Å². The fourth-order valence-corrected chi connectivity index (χ4v) is 3.74. The molecule has 0 bridgehead atoms. The minimum Gasteiger partial charge on any atom is -0.361 e. The lowest BCUT2D eigenvalue weighted by Gasteiger charge is -2.32. The Bertz CT molecular complexity index is 1050. The van der Waals surface area contributed by atoms with E-state index in [1.165, 1.54) is 18.2 Å². The molecule has 0 saturated carbocycles. The predicted octanol–water partition coefficient (Wildman–Crippen LogP) is 4.45. The van der Waals surface area contributed by atoms with Gasteiger partial charge in [0.2, 0.25) is 5.91 Å². The fraction of sp³-hybridized carbons (Fsp3) is 0.238. The number of nitrogens with one attached hydrogen (secondary N) is 2. The zero-order valence-corrected chi connectivity index (χ0v) is 15.8. The van der Waals surface area contributed by atoms with E-state index in [4.69, 9.17) is 11.6 Å². The molecule has 1 aliphatic heterocycles. The third kappa shape index (κ3) is 3.73. The number of aromatic amines is 1. The van der Waals surface area contributed by atoms with Crippen LogP contribution in [0.1, 0.15) is 23.2 Å². The van der Waals surface area contributed by atoms with E-state index in [-0.39, 0.29) is 22.8 Å². The van der Waals surface area contributed by atoms with Gasteiger partial charge in [-0.3, -0.25) is 9.59 Å².